The molecule has 0 aromatic heterocycles. The van der Waals surface area contributed by atoms with Crippen molar-refractivity contribution >= 4 is 0 Å². The molecule has 0 spiro atoms. The highest BCUT2D eigenvalue weighted by Gasteiger charge is 2.22. The molecule has 0 bridgehead atoms. The van der Waals surface area contributed by atoms with Crippen molar-refractivity contribution in [1.82, 2.24) is 0 Å². The van der Waals surface area contributed by atoms with Gasteiger partial charge in [-0.05, 0) is 110 Å². The van der Waals surface area contributed by atoms with Crippen molar-refractivity contribution in [3.05, 3.63) is 70.8 Å². The minimum Gasteiger partial charge on any atom is -0.0654 e. The molecule has 4 rings (SSSR count). The Bertz CT molecular complexity index is 698. The standard InChI is InChI=1S/C32H46/c1-3-5-25-9-17-29(18-10-25)31-21-13-27(14-22-31)7-8-28-15-23-32(24-16-28)30-19-11-26(6-4-2)12-20-30/h13-16,21-26,29-30H,3-12,17-20H2,1-2H3/t25-,26-,29-,30-. The van der Waals surface area contributed by atoms with Gasteiger partial charge in [0.15, 0.2) is 0 Å². The van der Waals surface area contributed by atoms with Crippen molar-refractivity contribution < 1.29 is 0 Å². The molecule has 2 aliphatic rings. The highest BCUT2D eigenvalue weighted by atomic mass is 14.3. The summed E-state index contributed by atoms with van der Waals surface area (Å²) in [5, 5.41) is 0. The van der Waals surface area contributed by atoms with Gasteiger partial charge in [-0.2, -0.15) is 0 Å². The minimum absolute atomic E-state index is 0.807. The molecular formula is C32H46. The van der Waals surface area contributed by atoms with Gasteiger partial charge in [0.2, 0.25) is 0 Å². The van der Waals surface area contributed by atoms with Crippen LogP contribution in [0.15, 0.2) is 48.5 Å². The molecule has 0 heteroatoms. The molecule has 0 saturated heterocycles. The average molecular weight is 431 g/mol. The maximum Gasteiger partial charge on any atom is -0.0162 e. The van der Waals surface area contributed by atoms with E-state index in [0.717, 1.165) is 36.5 Å². The number of hydrogen-bond acceptors (Lipinski definition) is 0. The summed E-state index contributed by atoms with van der Waals surface area (Å²) in [6.45, 7) is 4.66. The molecule has 174 valence electrons. The summed E-state index contributed by atoms with van der Waals surface area (Å²) in [4.78, 5) is 0. The molecule has 0 radical (unpaired) electrons. The molecule has 32 heavy (non-hydrogen) atoms. The van der Waals surface area contributed by atoms with E-state index in [-0.39, 0.29) is 0 Å². The van der Waals surface area contributed by atoms with Crippen molar-refractivity contribution in [3.8, 4) is 0 Å². The lowest BCUT2D eigenvalue weighted by molar-refractivity contribution is 0.308. The molecule has 0 heterocycles. The number of hydrogen-bond donors (Lipinski definition) is 0. The molecule has 2 saturated carbocycles. The van der Waals surface area contributed by atoms with Gasteiger partial charge in [-0.15, -0.1) is 0 Å². The van der Waals surface area contributed by atoms with Crippen LogP contribution in [-0.2, 0) is 12.8 Å². The number of aryl methyl sites for hydroxylation is 2. The lowest BCUT2D eigenvalue weighted by atomic mass is 9.77. The van der Waals surface area contributed by atoms with Crippen LogP contribution in [0.3, 0.4) is 0 Å². The third kappa shape index (κ3) is 6.49. The fraction of sp³-hybridized carbons (Fsp3) is 0.625. The molecule has 2 fully saturated rings. The van der Waals surface area contributed by atoms with E-state index in [1.54, 1.807) is 11.1 Å². The predicted octanol–water partition coefficient (Wildman–Crippen LogP) is 9.62. The van der Waals surface area contributed by atoms with E-state index < -0.39 is 0 Å². The molecular weight excluding hydrogens is 384 g/mol. The van der Waals surface area contributed by atoms with E-state index in [1.165, 1.54) is 88.2 Å². The first-order valence-electron chi connectivity index (χ1n) is 13.9. The first-order chi connectivity index (χ1) is 15.7. The van der Waals surface area contributed by atoms with E-state index in [0.29, 0.717) is 0 Å². The summed E-state index contributed by atoms with van der Waals surface area (Å²) < 4.78 is 0. The van der Waals surface area contributed by atoms with Crippen molar-refractivity contribution in [2.75, 3.05) is 0 Å². The van der Waals surface area contributed by atoms with Crippen LogP contribution < -0.4 is 0 Å². The second-order valence-corrected chi connectivity index (χ2v) is 11.0. The van der Waals surface area contributed by atoms with Gasteiger partial charge in [-0.3, -0.25) is 0 Å². The Morgan fingerprint density at radius 2 is 0.844 bits per heavy atom. The first kappa shape index (κ1) is 23.6. The van der Waals surface area contributed by atoms with Gasteiger partial charge < -0.3 is 0 Å². The van der Waals surface area contributed by atoms with Crippen LogP contribution >= 0.6 is 0 Å². The van der Waals surface area contributed by atoms with Gasteiger partial charge in [0, 0.05) is 0 Å². The third-order valence-electron chi connectivity index (χ3n) is 8.69. The van der Waals surface area contributed by atoms with E-state index in [4.69, 9.17) is 0 Å². The molecule has 0 aliphatic heterocycles. The quantitative estimate of drug-likeness (QED) is 0.371. The smallest absolute Gasteiger partial charge is 0.0162 e. The molecule has 2 aliphatic carbocycles. The van der Waals surface area contributed by atoms with Crippen LogP contribution in [0, 0.1) is 11.8 Å². The number of benzene rings is 2. The average Bonchev–Trinajstić information content (AvgIpc) is 2.85. The molecule has 0 amide bonds. The molecule has 0 unspecified atom stereocenters. The lowest BCUT2D eigenvalue weighted by Gasteiger charge is -2.28. The maximum atomic E-state index is 2.43. The second-order valence-electron chi connectivity index (χ2n) is 11.0. The zero-order valence-electron chi connectivity index (χ0n) is 20.8. The van der Waals surface area contributed by atoms with Gasteiger partial charge in [0.05, 0.1) is 0 Å². The molecule has 0 nitrogen and oxygen atoms in total. The van der Waals surface area contributed by atoms with Crippen molar-refractivity contribution in [2.24, 2.45) is 11.8 Å². The van der Waals surface area contributed by atoms with E-state index in [9.17, 15) is 0 Å². The van der Waals surface area contributed by atoms with Crippen LogP contribution in [0.4, 0.5) is 0 Å². The van der Waals surface area contributed by atoms with Gasteiger partial charge in [-0.1, -0.05) is 88.1 Å². The van der Waals surface area contributed by atoms with Crippen molar-refractivity contribution in [2.45, 2.75) is 116 Å². The Balaban J connectivity index is 1.23. The third-order valence-corrected chi connectivity index (χ3v) is 8.69. The van der Waals surface area contributed by atoms with Gasteiger partial charge in [0.25, 0.3) is 0 Å². The summed E-state index contributed by atoms with van der Waals surface area (Å²) >= 11 is 0. The SMILES string of the molecule is CCC[C@H]1CC[C@H](c2ccc(CCc3ccc([C@H]4CC[C@H](CCC)CC4)cc3)cc2)CC1. The highest BCUT2D eigenvalue weighted by molar-refractivity contribution is 5.29. The maximum absolute atomic E-state index is 2.43. The van der Waals surface area contributed by atoms with Crippen LogP contribution in [-0.4, -0.2) is 0 Å². The summed E-state index contributed by atoms with van der Waals surface area (Å²) in [6, 6.07) is 19.3. The molecule has 2 aromatic rings. The topological polar surface area (TPSA) is 0 Å². The Labute approximate surface area is 198 Å². The summed E-state index contributed by atoms with van der Waals surface area (Å²) in [7, 11) is 0. The Morgan fingerprint density at radius 1 is 0.500 bits per heavy atom. The van der Waals surface area contributed by atoms with Gasteiger partial charge >= 0.3 is 0 Å². The molecule has 2 aromatic carbocycles. The van der Waals surface area contributed by atoms with Gasteiger partial charge in [0.1, 0.15) is 0 Å². The summed E-state index contributed by atoms with van der Waals surface area (Å²) in [6.07, 6.45) is 19.3. The van der Waals surface area contributed by atoms with Crippen LogP contribution in [0.5, 0.6) is 0 Å². The Morgan fingerprint density at radius 3 is 1.16 bits per heavy atom. The Kier molecular flexibility index (Phi) is 8.89. The zero-order valence-corrected chi connectivity index (χ0v) is 20.8. The molecule has 0 N–H and O–H groups in total. The molecule has 0 atom stereocenters. The van der Waals surface area contributed by atoms with Crippen LogP contribution in [0.1, 0.15) is 125 Å². The fourth-order valence-electron chi connectivity index (χ4n) is 6.59. The lowest BCUT2D eigenvalue weighted by Crippen LogP contribution is -2.13. The predicted molar refractivity (Wildman–Crippen MR) is 140 cm³/mol. The highest BCUT2D eigenvalue weighted by Crippen LogP contribution is 2.38. The number of rotatable bonds is 9. The second kappa shape index (κ2) is 12.1. The zero-order chi connectivity index (χ0) is 22.2. The van der Waals surface area contributed by atoms with Crippen molar-refractivity contribution in [3.63, 3.8) is 0 Å². The fourth-order valence-corrected chi connectivity index (χ4v) is 6.59. The normalized spacial score (nSPS) is 26.2. The van der Waals surface area contributed by atoms with Crippen molar-refractivity contribution in [1.29, 1.82) is 0 Å². The Hall–Kier alpha value is -1.56. The largest absolute Gasteiger partial charge is 0.0654 e. The van der Waals surface area contributed by atoms with Crippen LogP contribution in [0.25, 0.3) is 0 Å². The van der Waals surface area contributed by atoms with Crippen LogP contribution in [0.2, 0.25) is 0 Å². The van der Waals surface area contributed by atoms with E-state index in [1.807, 2.05) is 0 Å². The first-order valence-corrected chi connectivity index (χ1v) is 13.9. The van der Waals surface area contributed by atoms with Gasteiger partial charge in [-0.25, -0.2) is 0 Å². The summed E-state index contributed by atoms with van der Waals surface area (Å²) in [5.74, 6) is 3.61. The van der Waals surface area contributed by atoms with E-state index in [2.05, 4.69) is 62.4 Å². The monoisotopic (exact) mass is 430 g/mol. The van der Waals surface area contributed by atoms with E-state index >= 15 is 0 Å². The summed E-state index contributed by atoms with van der Waals surface area (Å²) in [5.41, 5.74) is 6.15. The minimum atomic E-state index is 0.807.